The van der Waals surface area contributed by atoms with E-state index < -0.39 is 25.1 Å². The summed E-state index contributed by atoms with van der Waals surface area (Å²) in [6, 6.07) is 0. The van der Waals surface area contributed by atoms with E-state index in [2.05, 4.69) is 15.2 Å². The van der Waals surface area contributed by atoms with Crippen LogP contribution in [0.4, 0.5) is 0 Å². The Bertz CT molecular complexity index is 938. The molecular formula is C12H18N6O4S2. The molecule has 0 N–H and O–H groups in total. The van der Waals surface area contributed by atoms with Crippen LogP contribution in [0.15, 0.2) is 29.0 Å². The molecule has 132 valence electrons. The van der Waals surface area contributed by atoms with E-state index in [1.165, 1.54) is 27.7 Å². The second-order valence-corrected chi connectivity index (χ2v) is 9.76. The molecule has 0 aliphatic carbocycles. The molecule has 1 fully saturated rings. The van der Waals surface area contributed by atoms with Gasteiger partial charge in [-0.2, -0.15) is 4.31 Å². The monoisotopic (exact) mass is 374 g/mol. The van der Waals surface area contributed by atoms with Crippen molar-refractivity contribution in [3.05, 3.63) is 18.9 Å². The number of hydrogen-bond donors (Lipinski definition) is 0. The minimum Gasteiger partial charge on any atom is -0.339 e. The van der Waals surface area contributed by atoms with Crippen LogP contribution in [-0.4, -0.2) is 63.8 Å². The average Bonchev–Trinajstić information content (AvgIpc) is 3.16. The number of aryl methyl sites for hydroxylation is 2. The molecule has 0 unspecified atom stereocenters. The molecule has 2 aromatic rings. The van der Waals surface area contributed by atoms with Gasteiger partial charge in [0.05, 0.1) is 11.6 Å². The molecule has 0 radical (unpaired) electrons. The van der Waals surface area contributed by atoms with Gasteiger partial charge in [-0.05, 0) is 12.8 Å². The van der Waals surface area contributed by atoms with Crippen LogP contribution in [0.1, 0.15) is 12.8 Å². The minimum absolute atomic E-state index is 0.0281. The molecule has 0 amide bonds. The van der Waals surface area contributed by atoms with E-state index >= 15 is 0 Å². The summed E-state index contributed by atoms with van der Waals surface area (Å²) >= 11 is 0. The summed E-state index contributed by atoms with van der Waals surface area (Å²) in [5, 5.41) is 6.47. The fraction of sp³-hybridized carbons (Fsp3) is 0.583. The molecule has 0 atom stereocenters. The third-order valence-electron chi connectivity index (χ3n) is 4.05. The van der Waals surface area contributed by atoms with E-state index in [1.54, 1.807) is 18.7 Å². The first-order valence-electron chi connectivity index (χ1n) is 7.29. The standard InChI is InChI=1S/C12H18N6O4S2/c1-16-7-11(13-8-16)24(21,22)18-5-3-10(4-6-18)23(19,20)12-15-14-9-17(12)2/h7-10H,3-6H2,1-2H3. The number of aromatic nitrogens is 5. The summed E-state index contributed by atoms with van der Waals surface area (Å²) in [6.45, 7) is 0.251. The molecular weight excluding hydrogens is 356 g/mol. The molecule has 3 heterocycles. The number of sulfonamides is 1. The van der Waals surface area contributed by atoms with E-state index in [0.717, 1.165) is 0 Å². The molecule has 24 heavy (non-hydrogen) atoms. The van der Waals surface area contributed by atoms with Crippen molar-refractivity contribution in [2.75, 3.05) is 13.1 Å². The Hall–Kier alpha value is -1.79. The van der Waals surface area contributed by atoms with Gasteiger partial charge >= 0.3 is 0 Å². The molecule has 12 heteroatoms. The zero-order chi connectivity index (χ0) is 17.5. The summed E-state index contributed by atoms with van der Waals surface area (Å²) in [6.07, 6.45) is 4.59. The summed E-state index contributed by atoms with van der Waals surface area (Å²) in [7, 11) is -4.08. The number of nitrogens with zero attached hydrogens (tertiary/aromatic N) is 6. The predicted octanol–water partition coefficient (Wildman–Crippen LogP) is -0.824. The lowest BCUT2D eigenvalue weighted by atomic mass is 10.2. The van der Waals surface area contributed by atoms with Gasteiger partial charge in [0.25, 0.3) is 10.0 Å². The van der Waals surface area contributed by atoms with Crippen LogP contribution in [0.2, 0.25) is 0 Å². The Balaban J connectivity index is 1.76. The maximum atomic E-state index is 12.6. The van der Waals surface area contributed by atoms with Crippen LogP contribution in [0, 0.1) is 0 Å². The van der Waals surface area contributed by atoms with Crippen molar-refractivity contribution in [3.63, 3.8) is 0 Å². The minimum atomic E-state index is -3.70. The first kappa shape index (κ1) is 17.0. The molecule has 3 rings (SSSR count). The lowest BCUT2D eigenvalue weighted by Gasteiger charge is -2.29. The van der Waals surface area contributed by atoms with Crippen LogP contribution in [0.25, 0.3) is 0 Å². The molecule has 0 aromatic carbocycles. The molecule has 2 aromatic heterocycles. The van der Waals surface area contributed by atoms with Gasteiger partial charge in [-0.1, -0.05) is 0 Å². The molecule has 1 aliphatic rings. The van der Waals surface area contributed by atoms with Crippen molar-refractivity contribution in [1.29, 1.82) is 0 Å². The van der Waals surface area contributed by atoms with Crippen molar-refractivity contribution < 1.29 is 16.8 Å². The van der Waals surface area contributed by atoms with Gasteiger partial charge < -0.3 is 9.13 Å². The SMILES string of the molecule is Cn1cnc(S(=O)(=O)N2CCC(S(=O)(=O)c3nncn3C)CC2)c1. The van der Waals surface area contributed by atoms with Crippen molar-refractivity contribution in [2.24, 2.45) is 14.1 Å². The van der Waals surface area contributed by atoms with Gasteiger partial charge in [-0.15, -0.1) is 10.2 Å². The van der Waals surface area contributed by atoms with Gasteiger partial charge in [0, 0.05) is 33.4 Å². The van der Waals surface area contributed by atoms with Crippen LogP contribution >= 0.6 is 0 Å². The predicted molar refractivity (Wildman–Crippen MR) is 83.2 cm³/mol. The highest BCUT2D eigenvalue weighted by atomic mass is 32.2. The summed E-state index contributed by atoms with van der Waals surface area (Å²) in [5.41, 5.74) is 0. The van der Waals surface area contributed by atoms with E-state index in [9.17, 15) is 16.8 Å². The first-order valence-corrected chi connectivity index (χ1v) is 10.3. The maximum absolute atomic E-state index is 12.6. The quantitative estimate of drug-likeness (QED) is 0.685. The number of hydrogen-bond acceptors (Lipinski definition) is 7. The zero-order valence-corrected chi connectivity index (χ0v) is 14.9. The normalized spacial score (nSPS) is 18.1. The second kappa shape index (κ2) is 5.93. The molecule has 0 saturated carbocycles. The number of sulfone groups is 1. The van der Waals surface area contributed by atoms with Crippen molar-refractivity contribution in [2.45, 2.75) is 28.3 Å². The van der Waals surface area contributed by atoms with Gasteiger partial charge in [-0.3, -0.25) is 0 Å². The van der Waals surface area contributed by atoms with E-state index in [0.29, 0.717) is 0 Å². The third kappa shape index (κ3) is 2.84. The molecule has 0 bridgehead atoms. The van der Waals surface area contributed by atoms with Gasteiger partial charge in [0.2, 0.25) is 15.0 Å². The Kier molecular flexibility index (Phi) is 4.21. The Labute approximate surface area is 140 Å². The van der Waals surface area contributed by atoms with Gasteiger partial charge in [-0.25, -0.2) is 21.8 Å². The summed E-state index contributed by atoms with van der Waals surface area (Å²) in [4.78, 5) is 3.88. The zero-order valence-electron chi connectivity index (χ0n) is 13.3. The summed E-state index contributed by atoms with van der Waals surface area (Å²) < 4.78 is 54.4. The van der Waals surface area contributed by atoms with E-state index in [1.807, 2.05) is 0 Å². The molecule has 1 saturated heterocycles. The molecule has 1 aliphatic heterocycles. The fourth-order valence-corrected chi connectivity index (χ4v) is 5.89. The second-order valence-electron chi connectivity index (χ2n) is 5.75. The van der Waals surface area contributed by atoms with Crippen LogP contribution < -0.4 is 0 Å². The number of rotatable bonds is 4. The first-order chi connectivity index (χ1) is 11.2. The Morgan fingerprint density at radius 1 is 1.08 bits per heavy atom. The van der Waals surface area contributed by atoms with Crippen molar-refractivity contribution in [3.8, 4) is 0 Å². The topological polar surface area (TPSA) is 120 Å². The molecule has 0 spiro atoms. The van der Waals surface area contributed by atoms with E-state index in [4.69, 9.17) is 0 Å². The van der Waals surface area contributed by atoms with Crippen molar-refractivity contribution in [1.82, 2.24) is 28.6 Å². The Morgan fingerprint density at radius 2 is 1.75 bits per heavy atom. The van der Waals surface area contributed by atoms with Crippen molar-refractivity contribution >= 4 is 19.9 Å². The fourth-order valence-electron chi connectivity index (χ4n) is 2.72. The third-order valence-corrected chi connectivity index (χ3v) is 8.06. The lowest BCUT2D eigenvalue weighted by Crippen LogP contribution is -2.42. The van der Waals surface area contributed by atoms with Gasteiger partial charge in [0.15, 0.2) is 5.03 Å². The lowest BCUT2D eigenvalue weighted by molar-refractivity contribution is 0.344. The maximum Gasteiger partial charge on any atom is 0.262 e. The molecule has 10 nitrogen and oxygen atoms in total. The highest BCUT2D eigenvalue weighted by molar-refractivity contribution is 7.92. The Morgan fingerprint density at radius 3 is 2.25 bits per heavy atom. The van der Waals surface area contributed by atoms with Crippen LogP contribution in [-0.2, 0) is 34.0 Å². The smallest absolute Gasteiger partial charge is 0.262 e. The summed E-state index contributed by atoms with van der Waals surface area (Å²) in [5.74, 6) is 0. The highest BCUT2D eigenvalue weighted by Crippen LogP contribution is 2.26. The van der Waals surface area contributed by atoms with Gasteiger partial charge in [0.1, 0.15) is 6.33 Å². The largest absolute Gasteiger partial charge is 0.339 e. The van der Waals surface area contributed by atoms with Crippen LogP contribution in [0.3, 0.4) is 0 Å². The average molecular weight is 374 g/mol. The number of piperidine rings is 1. The van der Waals surface area contributed by atoms with E-state index in [-0.39, 0.29) is 36.1 Å². The highest BCUT2D eigenvalue weighted by Gasteiger charge is 2.38. The van der Waals surface area contributed by atoms with Crippen LogP contribution in [0.5, 0.6) is 0 Å². The number of imidazole rings is 1.